The van der Waals surface area contributed by atoms with Crippen LogP contribution in [0, 0.1) is 0 Å². The maximum atomic E-state index is 13.7. The zero-order chi connectivity index (χ0) is 27.9. The van der Waals surface area contributed by atoms with Gasteiger partial charge in [0.25, 0.3) is 0 Å². The Balaban J connectivity index is 1.66. The Morgan fingerprint density at radius 2 is 1.82 bits per heavy atom. The summed E-state index contributed by atoms with van der Waals surface area (Å²) < 4.78 is 5.88. The van der Waals surface area contributed by atoms with Gasteiger partial charge in [0.05, 0.1) is 41.8 Å². The number of urea groups is 1. The first-order valence-electron chi connectivity index (χ1n) is 12.9. The lowest BCUT2D eigenvalue weighted by Gasteiger charge is -2.53. The summed E-state index contributed by atoms with van der Waals surface area (Å²) in [5.41, 5.74) is 1.01. The summed E-state index contributed by atoms with van der Waals surface area (Å²) in [6.07, 6.45) is 8.32. The highest BCUT2D eigenvalue weighted by atomic mass is 32.3. The molecule has 0 saturated heterocycles. The molecule has 1 fully saturated rings. The number of aromatic nitrogens is 2. The minimum atomic E-state index is -1.23. The maximum absolute atomic E-state index is 13.7. The number of benzene rings is 1. The number of nitrogens with one attached hydrogen (secondary N) is 2. The molecule has 1 atom stereocenters. The van der Waals surface area contributed by atoms with Crippen LogP contribution < -0.4 is 10.6 Å². The summed E-state index contributed by atoms with van der Waals surface area (Å²) in [5, 5.41) is 20.5. The second-order valence-corrected chi connectivity index (χ2v) is 15.6. The molecule has 2 aromatic rings. The van der Waals surface area contributed by atoms with E-state index in [1.54, 1.807) is 11.8 Å². The van der Waals surface area contributed by atoms with E-state index >= 15 is 0 Å². The largest absolute Gasteiger partial charge is 0.448 e. The molecular weight excluding hydrogens is 506 g/mol. The third-order valence-corrected chi connectivity index (χ3v) is 10.8. The highest BCUT2D eigenvalue weighted by Crippen LogP contribution is 2.60. The van der Waals surface area contributed by atoms with Crippen LogP contribution >= 0.6 is 10.0 Å². The van der Waals surface area contributed by atoms with Crippen LogP contribution in [0.15, 0.2) is 30.3 Å². The highest BCUT2D eigenvalue weighted by Gasteiger charge is 2.52. The zero-order valence-corrected chi connectivity index (χ0v) is 23.9. The zero-order valence-electron chi connectivity index (χ0n) is 23.0. The van der Waals surface area contributed by atoms with Gasteiger partial charge in [-0.25, -0.2) is 19.6 Å². The van der Waals surface area contributed by atoms with Gasteiger partial charge in [-0.05, 0) is 64.4 Å². The molecule has 1 aromatic carbocycles. The van der Waals surface area contributed by atoms with Crippen molar-refractivity contribution in [2.24, 2.45) is 0 Å². The molecule has 10 nitrogen and oxygen atoms in total. The number of fused-ring (bicyclic) bond motifs is 1. The minimum absolute atomic E-state index is 0.121. The second-order valence-electron chi connectivity index (χ2n) is 11.2. The van der Waals surface area contributed by atoms with E-state index in [1.807, 2.05) is 44.2 Å². The van der Waals surface area contributed by atoms with Gasteiger partial charge in [-0.3, -0.25) is 4.79 Å². The Hall–Kier alpha value is -3.05. The molecule has 1 aliphatic carbocycles. The first kappa shape index (κ1) is 28.0. The number of amides is 3. The molecule has 0 bridgehead atoms. The van der Waals surface area contributed by atoms with Crippen molar-refractivity contribution >= 4 is 33.9 Å². The maximum Gasteiger partial charge on any atom is 0.436 e. The molecule has 2 aliphatic rings. The number of anilines is 1. The van der Waals surface area contributed by atoms with Crippen LogP contribution in [0.5, 0.6) is 0 Å². The fourth-order valence-corrected chi connectivity index (χ4v) is 7.45. The van der Waals surface area contributed by atoms with Crippen molar-refractivity contribution in [2.75, 3.05) is 37.3 Å². The van der Waals surface area contributed by atoms with E-state index in [9.17, 15) is 19.5 Å². The SMILES string of the molecule is CCOC(=O)n1nc2c(c1NC(=O)C1(S(C)(C)C)CCC1)CN(C(=O)N[C@H](CO)c1ccccc1)C2(C)C. The van der Waals surface area contributed by atoms with E-state index in [1.165, 1.54) is 0 Å². The topological polar surface area (TPSA) is 126 Å². The lowest BCUT2D eigenvalue weighted by atomic mass is 9.83. The van der Waals surface area contributed by atoms with Gasteiger partial charge in [-0.1, -0.05) is 30.3 Å². The minimum Gasteiger partial charge on any atom is -0.448 e. The van der Waals surface area contributed by atoms with E-state index in [0.29, 0.717) is 11.3 Å². The van der Waals surface area contributed by atoms with Crippen LogP contribution in [0.2, 0.25) is 0 Å². The van der Waals surface area contributed by atoms with Crippen LogP contribution in [0.25, 0.3) is 0 Å². The Morgan fingerprint density at radius 3 is 2.34 bits per heavy atom. The number of hydrogen-bond donors (Lipinski definition) is 3. The fraction of sp³-hybridized carbons (Fsp3) is 0.556. The fourth-order valence-electron chi connectivity index (χ4n) is 5.33. The van der Waals surface area contributed by atoms with Gasteiger partial charge >= 0.3 is 12.1 Å². The quantitative estimate of drug-likeness (QED) is 0.484. The molecule has 3 amide bonds. The number of carbonyl (C=O) groups excluding carboxylic acids is 3. The Morgan fingerprint density at radius 1 is 1.16 bits per heavy atom. The van der Waals surface area contributed by atoms with Crippen molar-refractivity contribution in [2.45, 2.75) is 62.9 Å². The summed E-state index contributed by atoms with van der Waals surface area (Å²) in [5.74, 6) is 0.133. The first-order valence-corrected chi connectivity index (χ1v) is 15.8. The van der Waals surface area contributed by atoms with E-state index < -0.39 is 32.4 Å². The normalized spacial score (nSPS) is 18.7. The summed E-state index contributed by atoms with van der Waals surface area (Å²) in [6.45, 7) is 5.42. The molecule has 4 rings (SSSR count). The molecule has 208 valence electrons. The molecule has 38 heavy (non-hydrogen) atoms. The number of hydrogen-bond acceptors (Lipinski definition) is 6. The second kappa shape index (κ2) is 10.3. The molecule has 0 unspecified atom stereocenters. The molecule has 11 heteroatoms. The number of aliphatic hydroxyl groups is 1. The van der Waals surface area contributed by atoms with Gasteiger partial charge < -0.3 is 25.4 Å². The van der Waals surface area contributed by atoms with E-state index in [4.69, 9.17) is 4.74 Å². The van der Waals surface area contributed by atoms with Gasteiger partial charge in [0.15, 0.2) is 0 Å². The van der Waals surface area contributed by atoms with E-state index in [-0.39, 0.29) is 37.5 Å². The van der Waals surface area contributed by atoms with Gasteiger partial charge in [0.1, 0.15) is 5.82 Å². The molecular formula is C27H39N5O5S. The van der Waals surface area contributed by atoms with Crippen molar-refractivity contribution in [3.8, 4) is 0 Å². The van der Waals surface area contributed by atoms with Crippen LogP contribution in [0.3, 0.4) is 0 Å². The summed E-state index contributed by atoms with van der Waals surface area (Å²) in [7, 11) is -1.23. The number of nitrogens with zero attached hydrogens (tertiary/aromatic N) is 3. The van der Waals surface area contributed by atoms with Gasteiger partial charge in [0, 0.05) is 5.56 Å². The predicted molar refractivity (Wildman–Crippen MR) is 149 cm³/mol. The van der Waals surface area contributed by atoms with Crippen LogP contribution in [-0.2, 0) is 21.6 Å². The van der Waals surface area contributed by atoms with Crippen molar-refractivity contribution in [1.29, 1.82) is 0 Å². The lowest BCUT2D eigenvalue weighted by molar-refractivity contribution is -0.120. The smallest absolute Gasteiger partial charge is 0.436 e. The molecule has 3 N–H and O–H groups in total. The molecule has 1 aliphatic heterocycles. The van der Waals surface area contributed by atoms with Gasteiger partial charge in [-0.2, -0.15) is 5.10 Å². The third-order valence-electron chi connectivity index (χ3n) is 7.90. The average Bonchev–Trinajstić information content (AvgIpc) is 3.30. The van der Waals surface area contributed by atoms with Crippen molar-refractivity contribution in [3.05, 3.63) is 47.2 Å². The lowest BCUT2D eigenvalue weighted by Crippen LogP contribution is -2.52. The van der Waals surface area contributed by atoms with Crippen LogP contribution in [-0.4, -0.2) is 74.5 Å². The van der Waals surface area contributed by atoms with Crippen molar-refractivity contribution in [3.63, 3.8) is 0 Å². The Labute approximate surface area is 225 Å². The Kier molecular flexibility index (Phi) is 7.55. The molecule has 0 spiro atoms. The van der Waals surface area contributed by atoms with E-state index in [0.717, 1.165) is 29.5 Å². The summed E-state index contributed by atoms with van der Waals surface area (Å²) in [4.78, 5) is 41.6. The number of carbonyl (C=O) groups is 3. The standard InChI is InChI=1S/C27H39N5O5S/c1-7-37-25(36)32-22(29-23(34)27(14-11-15-27)38(4,5)6)19-16-31(26(2,3)21(19)30-32)24(35)28-20(17-33)18-12-9-8-10-13-18/h8-10,12-13,20,33H,7,11,14-17H2,1-6H3,(H,28,35)(H,29,34)/t20-/m1/s1. The highest BCUT2D eigenvalue weighted by molar-refractivity contribution is 8.33. The van der Waals surface area contributed by atoms with Crippen LogP contribution in [0.1, 0.15) is 62.9 Å². The third kappa shape index (κ3) is 4.66. The number of ether oxygens (including phenoxy) is 1. The molecule has 2 heterocycles. The molecule has 1 saturated carbocycles. The molecule has 0 radical (unpaired) electrons. The summed E-state index contributed by atoms with van der Waals surface area (Å²) in [6, 6.07) is 8.29. The van der Waals surface area contributed by atoms with Gasteiger partial charge in [-0.15, -0.1) is 4.68 Å². The van der Waals surface area contributed by atoms with Gasteiger partial charge in [0.2, 0.25) is 5.91 Å². The first-order chi connectivity index (χ1) is 17.9. The van der Waals surface area contributed by atoms with Crippen molar-refractivity contribution < 1.29 is 24.2 Å². The number of rotatable bonds is 7. The Bertz CT molecular complexity index is 1220. The monoisotopic (exact) mass is 545 g/mol. The average molecular weight is 546 g/mol. The summed E-state index contributed by atoms with van der Waals surface area (Å²) >= 11 is 0. The predicted octanol–water partition coefficient (Wildman–Crippen LogP) is 3.94. The van der Waals surface area contributed by atoms with Crippen molar-refractivity contribution in [1.82, 2.24) is 20.0 Å². The van der Waals surface area contributed by atoms with Crippen LogP contribution in [0.4, 0.5) is 15.4 Å². The van der Waals surface area contributed by atoms with E-state index in [2.05, 4.69) is 34.5 Å². The number of aliphatic hydroxyl groups excluding tert-OH is 1. The molecule has 1 aromatic heterocycles.